The van der Waals surface area contributed by atoms with Crippen molar-refractivity contribution in [3.05, 3.63) is 58.6 Å². The summed E-state index contributed by atoms with van der Waals surface area (Å²) >= 11 is 3.24. The zero-order valence-corrected chi connectivity index (χ0v) is 16.0. The summed E-state index contributed by atoms with van der Waals surface area (Å²) in [6, 6.07) is 12.9. The third-order valence-electron chi connectivity index (χ3n) is 3.38. The Balaban J connectivity index is 2.58. The Bertz CT molecular complexity index is 835. The monoisotopic (exact) mass is 411 g/mol. The third-order valence-corrected chi connectivity index (χ3v) is 6.07. The molecule has 7 heteroatoms. The van der Waals surface area contributed by atoms with Gasteiger partial charge in [-0.3, -0.25) is 4.31 Å². The fraction of sp³-hybridized carbons (Fsp3) is 0.235. The molecular weight excluding hydrogens is 394 g/mol. The summed E-state index contributed by atoms with van der Waals surface area (Å²) in [6.07, 6.45) is 0. The second-order valence-electron chi connectivity index (χ2n) is 5.36. The molecule has 5 nitrogen and oxygen atoms in total. The highest BCUT2D eigenvalue weighted by Crippen LogP contribution is 2.28. The Morgan fingerprint density at radius 1 is 1.12 bits per heavy atom. The SMILES string of the molecule is COC(=O)c1cc(S(=O)(=O)N(c2ccccc2)C(C)C)ccc1Br. The van der Waals surface area contributed by atoms with E-state index >= 15 is 0 Å². The average molecular weight is 412 g/mol. The number of nitrogens with zero attached hydrogens (tertiary/aromatic N) is 1. The fourth-order valence-electron chi connectivity index (χ4n) is 2.33. The molecule has 0 atom stereocenters. The molecule has 2 aromatic rings. The summed E-state index contributed by atoms with van der Waals surface area (Å²) in [4.78, 5) is 11.9. The molecule has 0 N–H and O–H groups in total. The van der Waals surface area contributed by atoms with Crippen molar-refractivity contribution >= 4 is 37.6 Å². The standard InChI is InChI=1S/C17H18BrNO4S/c1-12(2)19(13-7-5-4-6-8-13)24(21,22)14-9-10-16(18)15(11-14)17(20)23-3/h4-12H,1-3H3. The smallest absolute Gasteiger partial charge is 0.339 e. The van der Waals surface area contributed by atoms with E-state index in [0.717, 1.165) is 0 Å². The van der Waals surface area contributed by atoms with Gasteiger partial charge in [-0.2, -0.15) is 0 Å². The van der Waals surface area contributed by atoms with Crippen molar-refractivity contribution in [2.45, 2.75) is 24.8 Å². The Morgan fingerprint density at radius 2 is 1.75 bits per heavy atom. The van der Waals surface area contributed by atoms with Crippen LogP contribution < -0.4 is 4.31 Å². The number of halogens is 1. The van der Waals surface area contributed by atoms with Crippen LogP contribution in [-0.2, 0) is 14.8 Å². The summed E-state index contributed by atoms with van der Waals surface area (Å²) < 4.78 is 32.7. The van der Waals surface area contributed by atoms with Crippen LogP contribution in [0.2, 0.25) is 0 Å². The van der Waals surface area contributed by atoms with Crippen molar-refractivity contribution in [3.63, 3.8) is 0 Å². The quantitative estimate of drug-likeness (QED) is 0.701. The number of rotatable bonds is 5. The maximum atomic E-state index is 13.1. The Morgan fingerprint density at radius 3 is 2.29 bits per heavy atom. The highest BCUT2D eigenvalue weighted by atomic mass is 79.9. The van der Waals surface area contributed by atoms with Gasteiger partial charge in [-0.05, 0) is 60.1 Å². The van der Waals surface area contributed by atoms with Crippen molar-refractivity contribution < 1.29 is 17.9 Å². The number of carbonyl (C=O) groups excluding carboxylic acids is 1. The molecule has 0 saturated heterocycles. The molecule has 0 heterocycles. The van der Waals surface area contributed by atoms with Gasteiger partial charge < -0.3 is 4.74 Å². The van der Waals surface area contributed by atoms with Crippen molar-refractivity contribution in [1.82, 2.24) is 0 Å². The van der Waals surface area contributed by atoms with Gasteiger partial charge in [0.05, 0.1) is 23.3 Å². The summed E-state index contributed by atoms with van der Waals surface area (Å²) in [5, 5.41) is 0. The molecule has 0 aliphatic rings. The van der Waals surface area contributed by atoms with Crippen molar-refractivity contribution in [2.75, 3.05) is 11.4 Å². The first-order valence-electron chi connectivity index (χ1n) is 7.26. The number of hydrogen-bond acceptors (Lipinski definition) is 4. The van der Waals surface area contributed by atoms with E-state index in [4.69, 9.17) is 4.74 Å². The first kappa shape index (κ1) is 18.5. The molecule has 0 aliphatic heterocycles. The van der Waals surface area contributed by atoms with Crippen LogP contribution in [0.3, 0.4) is 0 Å². The van der Waals surface area contributed by atoms with Crippen LogP contribution in [0.5, 0.6) is 0 Å². The number of hydrogen-bond donors (Lipinski definition) is 0. The van der Waals surface area contributed by atoms with Gasteiger partial charge in [-0.15, -0.1) is 0 Å². The van der Waals surface area contributed by atoms with E-state index in [1.54, 1.807) is 38.1 Å². The first-order valence-corrected chi connectivity index (χ1v) is 9.49. The predicted molar refractivity (Wildman–Crippen MR) is 96.7 cm³/mol. The summed E-state index contributed by atoms with van der Waals surface area (Å²) in [5.41, 5.74) is 0.727. The van der Waals surface area contributed by atoms with E-state index in [1.165, 1.54) is 29.6 Å². The van der Waals surface area contributed by atoms with Crippen LogP contribution in [0.15, 0.2) is 57.9 Å². The number of sulfonamides is 1. The number of methoxy groups -OCH3 is 1. The summed E-state index contributed by atoms with van der Waals surface area (Å²) in [6.45, 7) is 3.59. The van der Waals surface area contributed by atoms with Crippen molar-refractivity contribution in [1.29, 1.82) is 0 Å². The maximum absolute atomic E-state index is 13.1. The molecule has 0 saturated carbocycles. The van der Waals surface area contributed by atoms with Gasteiger partial charge in [-0.1, -0.05) is 18.2 Å². The van der Waals surface area contributed by atoms with Gasteiger partial charge >= 0.3 is 5.97 Å². The molecule has 0 bridgehead atoms. The van der Waals surface area contributed by atoms with E-state index in [2.05, 4.69) is 15.9 Å². The van der Waals surface area contributed by atoms with Gasteiger partial charge in [0.25, 0.3) is 10.0 Å². The fourth-order valence-corrected chi connectivity index (χ4v) is 4.43. The van der Waals surface area contributed by atoms with E-state index in [0.29, 0.717) is 10.2 Å². The number of anilines is 1. The first-order chi connectivity index (χ1) is 11.3. The van der Waals surface area contributed by atoms with Crippen LogP contribution in [0.4, 0.5) is 5.69 Å². The number of para-hydroxylation sites is 1. The van der Waals surface area contributed by atoms with Gasteiger partial charge in [-0.25, -0.2) is 13.2 Å². The van der Waals surface area contributed by atoms with Gasteiger partial charge in [0.2, 0.25) is 0 Å². The number of benzene rings is 2. The molecule has 0 spiro atoms. The van der Waals surface area contributed by atoms with Crippen LogP contribution in [-0.4, -0.2) is 27.5 Å². The maximum Gasteiger partial charge on any atom is 0.339 e. The molecule has 2 rings (SSSR count). The lowest BCUT2D eigenvalue weighted by atomic mass is 10.2. The van der Waals surface area contributed by atoms with Crippen LogP contribution in [0.1, 0.15) is 24.2 Å². The van der Waals surface area contributed by atoms with Gasteiger partial charge in [0.15, 0.2) is 0 Å². The Kier molecular flexibility index (Phi) is 5.66. The normalized spacial score (nSPS) is 11.4. The molecule has 0 aromatic heterocycles. The molecule has 128 valence electrons. The van der Waals surface area contributed by atoms with Gasteiger partial charge in [0.1, 0.15) is 0 Å². The number of esters is 1. The van der Waals surface area contributed by atoms with Crippen molar-refractivity contribution in [3.8, 4) is 0 Å². The lowest BCUT2D eigenvalue weighted by Gasteiger charge is -2.28. The Labute approximate surface area is 150 Å². The predicted octanol–water partition coefficient (Wildman–Crippen LogP) is 3.84. The van der Waals surface area contributed by atoms with E-state index in [-0.39, 0.29) is 16.5 Å². The highest BCUT2D eigenvalue weighted by Gasteiger charge is 2.28. The Hall–Kier alpha value is -1.86. The minimum absolute atomic E-state index is 0.0312. The average Bonchev–Trinajstić information content (AvgIpc) is 2.54. The molecule has 0 unspecified atom stereocenters. The van der Waals surface area contributed by atoms with Crippen LogP contribution >= 0.6 is 15.9 Å². The zero-order valence-electron chi connectivity index (χ0n) is 13.6. The summed E-state index contributed by atoms with van der Waals surface area (Å²) in [5.74, 6) is -0.602. The molecule has 0 fully saturated rings. The van der Waals surface area contributed by atoms with Crippen LogP contribution in [0, 0.1) is 0 Å². The molecule has 24 heavy (non-hydrogen) atoms. The molecule has 2 aromatic carbocycles. The van der Waals surface area contributed by atoms with E-state index in [9.17, 15) is 13.2 Å². The molecular formula is C17H18BrNO4S. The minimum atomic E-state index is -3.83. The number of ether oxygens (including phenoxy) is 1. The van der Waals surface area contributed by atoms with Crippen molar-refractivity contribution in [2.24, 2.45) is 0 Å². The third kappa shape index (κ3) is 3.62. The van der Waals surface area contributed by atoms with E-state index < -0.39 is 16.0 Å². The topological polar surface area (TPSA) is 63.7 Å². The van der Waals surface area contributed by atoms with Crippen LogP contribution in [0.25, 0.3) is 0 Å². The molecule has 0 radical (unpaired) electrons. The minimum Gasteiger partial charge on any atom is -0.465 e. The molecule has 0 aliphatic carbocycles. The summed E-state index contributed by atoms with van der Waals surface area (Å²) in [7, 11) is -2.58. The second kappa shape index (κ2) is 7.36. The zero-order chi connectivity index (χ0) is 17.9. The van der Waals surface area contributed by atoms with Gasteiger partial charge in [0, 0.05) is 10.5 Å². The number of carbonyl (C=O) groups is 1. The lowest BCUT2D eigenvalue weighted by Crippen LogP contribution is -2.37. The lowest BCUT2D eigenvalue weighted by molar-refractivity contribution is 0.0599. The highest BCUT2D eigenvalue weighted by molar-refractivity contribution is 9.10. The second-order valence-corrected chi connectivity index (χ2v) is 8.03. The van der Waals surface area contributed by atoms with E-state index in [1.807, 2.05) is 6.07 Å². The largest absolute Gasteiger partial charge is 0.465 e. The molecule has 0 amide bonds.